The fraction of sp³-hybridized carbons (Fsp3) is 0.500. The Morgan fingerprint density at radius 2 is 1.89 bits per heavy atom. The lowest BCUT2D eigenvalue weighted by atomic mass is 10.2. The second-order valence-electron chi connectivity index (χ2n) is 7.79. The number of anilines is 1. The van der Waals surface area contributed by atoms with E-state index in [4.69, 9.17) is 5.10 Å². The Kier molecular flexibility index (Phi) is 4.35. The van der Waals surface area contributed by atoms with Crippen LogP contribution in [0.25, 0.3) is 5.52 Å². The van der Waals surface area contributed by atoms with Crippen molar-refractivity contribution in [3.05, 3.63) is 52.3 Å². The van der Waals surface area contributed by atoms with Gasteiger partial charge >= 0.3 is 0 Å². The summed E-state index contributed by atoms with van der Waals surface area (Å²) in [7, 11) is 0. The third-order valence-corrected chi connectivity index (χ3v) is 5.68. The van der Waals surface area contributed by atoms with Gasteiger partial charge in [-0.05, 0) is 31.9 Å². The Morgan fingerprint density at radius 1 is 1.07 bits per heavy atom. The largest absolute Gasteiger partial charge is 0.352 e. The van der Waals surface area contributed by atoms with Gasteiger partial charge in [0.05, 0.1) is 17.9 Å². The lowest BCUT2D eigenvalue weighted by molar-refractivity contribution is 0.242. The first-order valence-electron chi connectivity index (χ1n) is 10.0. The first-order valence-corrected chi connectivity index (χ1v) is 10.0. The average Bonchev–Trinajstić information content (AvgIpc) is 3.47. The molecule has 0 atom stereocenters. The van der Waals surface area contributed by atoms with E-state index in [2.05, 4.69) is 25.9 Å². The lowest BCUT2D eigenvalue weighted by Crippen LogP contribution is -2.48. The van der Waals surface area contributed by atoms with Gasteiger partial charge < -0.3 is 4.90 Å². The third kappa shape index (κ3) is 3.40. The van der Waals surface area contributed by atoms with Crippen LogP contribution in [0, 0.1) is 6.92 Å². The van der Waals surface area contributed by atoms with E-state index in [1.54, 1.807) is 16.8 Å². The second kappa shape index (κ2) is 7.01. The molecule has 0 radical (unpaired) electrons. The lowest BCUT2D eigenvalue weighted by Gasteiger charge is -2.35. The number of nitrogens with zero attached hydrogens (tertiary/aromatic N) is 7. The number of hydrogen-bond donors (Lipinski definition) is 0. The van der Waals surface area contributed by atoms with Crippen LogP contribution in [-0.4, -0.2) is 62.0 Å². The van der Waals surface area contributed by atoms with Crippen molar-refractivity contribution in [2.45, 2.75) is 32.2 Å². The molecule has 2 fully saturated rings. The summed E-state index contributed by atoms with van der Waals surface area (Å²) in [5.41, 5.74) is 3.14. The maximum absolute atomic E-state index is 11.9. The minimum atomic E-state index is -0.0349. The van der Waals surface area contributed by atoms with Crippen molar-refractivity contribution in [1.29, 1.82) is 0 Å². The van der Waals surface area contributed by atoms with Crippen LogP contribution in [0.5, 0.6) is 0 Å². The molecular formula is C20H25N7O. The highest BCUT2D eigenvalue weighted by Gasteiger charge is 2.28. The molecule has 0 spiro atoms. The Bertz CT molecular complexity index is 1040. The van der Waals surface area contributed by atoms with Crippen LogP contribution in [0.3, 0.4) is 0 Å². The number of piperazine rings is 1. The zero-order valence-corrected chi connectivity index (χ0v) is 16.2. The van der Waals surface area contributed by atoms with Crippen LogP contribution in [0.15, 0.2) is 35.4 Å². The summed E-state index contributed by atoms with van der Waals surface area (Å²) in [6, 6.07) is 5.56. The van der Waals surface area contributed by atoms with E-state index in [1.165, 1.54) is 18.5 Å². The monoisotopic (exact) mass is 379 g/mol. The van der Waals surface area contributed by atoms with Gasteiger partial charge in [-0.1, -0.05) is 0 Å². The molecule has 28 heavy (non-hydrogen) atoms. The van der Waals surface area contributed by atoms with Crippen LogP contribution >= 0.6 is 0 Å². The first kappa shape index (κ1) is 17.4. The molecule has 1 saturated heterocycles. The van der Waals surface area contributed by atoms with Gasteiger partial charge in [0, 0.05) is 57.1 Å². The molecule has 0 amide bonds. The van der Waals surface area contributed by atoms with Crippen LogP contribution in [0.4, 0.5) is 5.82 Å². The molecule has 5 rings (SSSR count). The van der Waals surface area contributed by atoms with E-state index < -0.39 is 0 Å². The number of aromatic nitrogens is 5. The number of hydrogen-bond acceptors (Lipinski definition) is 6. The quantitative estimate of drug-likeness (QED) is 0.665. The molecule has 1 aliphatic carbocycles. The summed E-state index contributed by atoms with van der Waals surface area (Å²) >= 11 is 0. The summed E-state index contributed by atoms with van der Waals surface area (Å²) < 4.78 is 3.54. The van der Waals surface area contributed by atoms with E-state index in [9.17, 15) is 4.79 Å². The molecule has 4 heterocycles. The predicted molar refractivity (Wildman–Crippen MR) is 107 cm³/mol. The summed E-state index contributed by atoms with van der Waals surface area (Å²) in [5, 5.41) is 9.05. The van der Waals surface area contributed by atoms with Gasteiger partial charge in [0.25, 0.3) is 5.56 Å². The Hall–Kier alpha value is -2.74. The van der Waals surface area contributed by atoms with Crippen molar-refractivity contribution < 1.29 is 0 Å². The summed E-state index contributed by atoms with van der Waals surface area (Å²) in [4.78, 5) is 21.3. The predicted octanol–water partition coefficient (Wildman–Crippen LogP) is 1.29. The molecule has 1 saturated carbocycles. The SMILES string of the molecule is Cc1ccc(=O)n(CCN2CCN(c3nccn4nc(C5CC5)cc34)CC2)n1. The van der Waals surface area contributed by atoms with Crippen molar-refractivity contribution in [3.8, 4) is 0 Å². The molecule has 3 aromatic heterocycles. The van der Waals surface area contributed by atoms with Crippen molar-refractivity contribution >= 4 is 11.3 Å². The van der Waals surface area contributed by atoms with Gasteiger partial charge in [0.15, 0.2) is 5.82 Å². The number of rotatable bonds is 5. The highest BCUT2D eigenvalue weighted by molar-refractivity contribution is 5.69. The van der Waals surface area contributed by atoms with E-state index >= 15 is 0 Å². The topological polar surface area (TPSA) is 71.6 Å². The smallest absolute Gasteiger partial charge is 0.266 e. The highest BCUT2D eigenvalue weighted by Crippen LogP contribution is 2.40. The van der Waals surface area contributed by atoms with Gasteiger partial charge in [-0.15, -0.1) is 0 Å². The van der Waals surface area contributed by atoms with Crippen molar-refractivity contribution in [2.24, 2.45) is 0 Å². The summed E-state index contributed by atoms with van der Waals surface area (Å²) in [6.45, 7) is 7.12. The van der Waals surface area contributed by atoms with Crippen LogP contribution < -0.4 is 10.5 Å². The first-order chi connectivity index (χ1) is 13.7. The Labute approximate surface area is 163 Å². The minimum Gasteiger partial charge on any atom is -0.352 e. The van der Waals surface area contributed by atoms with Crippen molar-refractivity contribution in [3.63, 3.8) is 0 Å². The minimum absolute atomic E-state index is 0.0349. The van der Waals surface area contributed by atoms with Gasteiger partial charge in [-0.25, -0.2) is 14.2 Å². The molecular weight excluding hydrogens is 354 g/mol. The molecule has 8 nitrogen and oxygen atoms in total. The highest BCUT2D eigenvalue weighted by atomic mass is 16.1. The molecule has 146 valence electrons. The Balaban J connectivity index is 1.24. The molecule has 0 N–H and O–H groups in total. The Morgan fingerprint density at radius 3 is 2.68 bits per heavy atom. The van der Waals surface area contributed by atoms with E-state index in [1.807, 2.05) is 23.8 Å². The van der Waals surface area contributed by atoms with E-state index in [-0.39, 0.29) is 5.56 Å². The van der Waals surface area contributed by atoms with Gasteiger partial charge in [-0.2, -0.15) is 10.2 Å². The van der Waals surface area contributed by atoms with Crippen molar-refractivity contribution in [2.75, 3.05) is 37.6 Å². The van der Waals surface area contributed by atoms with Gasteiger partial charge in [0.1, 0.15) is 5.52 Å². The van der Waals surface area contributed by atoms with Crippen LogP contribution in [-0.2, 0) is 6.54 Å². The van der Waals surface area contributed by atoms with Gasteiger partial charge in [-0.3, -0.25) is 9.69 Å². The standard InChI is InChI=1S/C20H25N7O/c1-15-2-5-19(28)27(22-15)13-10-24-8-11-25(12-9-24)20-18-14-17(16-3-4-16)23-26(18)7-6-21-20/h2,5-7,14,16H,3-4,8-13H2,1H3. The number of aryl methyl sites for hydroxylation is 1. The van der Waals surface area contributed by atoms with E-state index in [0.29, 0.717) is 12.5 Å². The molecule has 1 aliphatic heterocycles. The fourth-order valence-corrected chi connectivity index (χ4v) is 3.88. The fourth-order valence-electron chi connectivity index (χ4n) is 3.88. The molecule has 3 aromatic rings. The molecule has 0 aromatic carbocycles. The second-order valence-corrected chi connectivity index (χ2v) is 7.79. The van der Waals surface area contributed by atoms with Crippen molar-refractivity contribution in [1.82, 2.24) is 29.3 Å². The third-order valence-electron chi connectivity index (χ3n) is 5.68. The molecule has 2 aliphatic rings. The van der Waals surface area contributed by atoms with Crippen LogP contribution in [0.1, 0.15) is 30.1 Å². The number of fused-ring (bicyclic) bond motifs is 1. The average molecular weight is 379 g/mol. The maximum atomic E-state index is 11.9. The van der Waals surface area contributed by atoms with E-state index in [0.717, 1.165) is 49.8 Å². The maximum Gasteiger partial charge on any atom is 0.266 e. The van der Waals surface area contributed by atoms with Crippen LogP contribution in [0.2, 0.25) is 0 Å². The van der Waals surface area contributed by atoms with Gasteiger partial charge in [0.2, 0.25) is 0 Å². The molecule has 8 heteroatoms. The normalized spacial score (nSPS) is 18.1. The summed E-state index contributed by atoms with van der Waals surface area (Å²) in [5.74, 6) is 1.67. The zero-order valence-electron chi connectivity index (χ0n) is 16.2. The zero-order chi connectivity index (χ0) is 19.1. The summed E-state index contributed by atoms with van der Waals surface area (Å²) in [6.07, 6.45) is 6.29. The molecule has 0 unspecified atom stereocenters. The molecule has 0 bridgehead atoms.